The Morgan fingerprint density at radius 2 is 1.62 bits per heavy atom. The van der Waals surface area contributed by atoms with Crippen molar-refractivity contribution in [3.63, 3.8) is 0 Å². The molecule has 1 aliphatic rings. The summed E-state index contributed by atoms with van der Waals surface area (Å²) < 4.78 is 11.4. The number of carbonyl (C=O) groups is 2. The van der Waals surface area contributed by atoms with E-state index in [2.05, 4.69) is 42.6 Å². The van der Waals surface area contributed by atoms with Crippen molar-refractivity contribution in [2.45, 2.75) is 47.3 Å². The molecule has 0 saturated carbocycles. The van der Waals surface area contributed by atoms with Gasteiger partial charge in [0.25, 0.3) is 5.91 Å². The Hall–Kier alpha value is -4.39. The molecule has 39 heavy (non-hydrogen) atoms. The van der Waals surface area contributed by atoms with Gasteiger partial charge in [-0.05, 0) is 55.0 Å². The van der Waals surface area contributed by atoms with Gasteiger partial charge in [-0.2, -0.15) is 5.10 Å². The third kappa shape index (κ3) is 6.74. The van der Waals surface area contributed by atoms with E-state index in [4.69, 9.17) is 14.6 Å². The maximum atomic E-state index is 13.6. The maximum Gasteiger partial charge on any atom is 0.325 e. The van der Waals surface area contributed by atoms with Crippen molar-refractivity contribution in [2.24, 2.45) is 5.10 Å². The van der Waals surface area contributed by atoms with Crippen LogP contribution < -0.4 is 5.32 Å². The molecule has 3 aromatic carbocycles. The molecule has 1 amide bonds. The molecule has 0 aromatic heterocycles. The first kappa shape index (κ1) is 27.6. The van der Waals surface area contributed by atoms with Gasteiger partial charge >= 0.3 is 5.97 Å². The van der Waals surface area contributed by atoms with E-state index < -0.39 is 11.9 Å². The summed E-state index contributed by atoms with van der Waals surface area (Å²) in [5.41, 5.74) is 7.24. The third-order valence-electron chi connectivity index (χ3n) is 6.34. The highest BCUT2D eigenvalue weighted by molar-refractivity contribution is 6.02. The zero-order valence-electron chi connectivity index (χ0n) is 23.0. The summed E-state index contributed by atoms with van der Waals surface area (Å²) in [7, 11) is 0. The standard InChI is InChI=1S/C32H35N3O4/c1-5-23-15-17-25(18-16-23)26-13-10-14-27-28(26)20-35(34-22(3)4)30(32(37)33-19-29(36)38-6-2)31(27)39-21-24-11-8-7-9-12-24/h7-18H,5-6,19-21H2,1-4H3,(H,33,37). The third-order valence-corrected chi connectivity index (χ3v) is 6.34. The number of ether oxygens (including phenoxy) is 2. The number of rotatable bonds is 10. The van der Waals surface area contributed by atoms with Crippen molar-refractivity contribution in [2.75, 3.05) is 13.2 Å². The van der Waals surface area contributed by atoms with Crippen LogP contribution in [0, 0.1) is 0 Å². The van der Waals surface area contributed by atoms with Gasteiger partial charge in [-0.3, -0.25) is 14.6 Å². The van der Waals surface area contributed by atoms with Gasteiger partial charge in [0.2, 0.25) is 0 Å². The average molecular weight is 526 g/mol. The van der Waals surface area contributed by atoms with Crippen molar-refractivity contribution in [3.05, 3.63) is 101 Å². The van der Waals surface area contributed by atoms with Crippen molar-refractivity contribution in [1.82, 2.24) is 10.3 Å². The number of fused-ring (bicyclic) bond motifs is 1. The van der Waals surface area contributed by atoms with Crippen molar-refractivity contribution in [1.29, 1.82) is 0 Å². The van der Waals surface area contributed by atoms with E-state index >= 15 is 0 Å². The monoisotopic (exact) mass is 525 g/mol. The molecule has 0 fully saturated rings. The molecule has 1 aliphatic heterocycles. The molecule has 7 heteroatoms. The summed E-state index contributed by atoms with van der Waals surface area (Å²) in [4.78, 5) is 25.6. The van der Waals surface area contributed by atoms with Crippen LogP contribution in [0.25, 0.3) is 16.9 Å². The van der Waals surface area contributed by atoms with Gasteiger partial charge in [0.15, 0.2) is 11.5 Å². The Morgan fingerprint density at radius 1 is 0.897 bits per heavy atom. The molecule has 0 unspecified atom stereocenters. The van der Waals surface area contributed by atoms with Crippen LogP contribution in [0.2, 0.25) is 0 Å². The largest absolute Gasteiger partial charge is 0.486 e. The number of aryl methyl sites for hydroxylation is 1. The lowest BCUT2D eigenvalue weighted by molar-refractivity contribution is -0.143. The first-order valence-electron chi connectivity index (χ1n) is 13.3. The highest BCUT2D eigenvalue weighted by Gasteiger charge is 2.33. The molecule has 202 valence electrons. The minimum Gasteiger partial charge on any atom is -0.486 e. The molecule has 0 bridgehead atoms. The smallest absolute Gasteiger partial charge is 0.325 e. The van der Waals surface area contributed by atoms with Gasteiger partial charge in [0.05, 0.1) is 13.2 Å². The first-order chi connectivity index (χ1) is 18.9. The van der Waals surface area contributed by atoms with Crippen molar-refractivity contribution >= 4 is 23.3 Å². The normalized spacial score (nSPS) is 12.5. The number of benzene rings is 3. The Kier molecular flexibility index (Phi) is 9.15. The average Bonchev–Trinajstić information content (AvgIpc) is 2.94. The molecule has 4 rings (SSSR count). The van der Waals surface area contributed by atoms with Crippen LogP contribution in [0.4, 0.5) is 0 Å². The zero-order chi connectivity index (χ0) is 27.8. The Balaban J connectivity index is 1.83. The summed E-state index contributed by atoms with van der Waals surface area (Å²) in [6.07, 6.45) is 0.968. The lowest BCUT2D eigenvalue weighted by atomic mass is 9.91. The van der Waals surface area contributed by atoms with Gasteiger partial charge in [0, 0.05) is 11.3 Å². The van der Waals surface area contributed by atoms with E-state index in [1.807, 2.05) is 56.3 Å². The van der Waals surface area contributed by atoms with Crippen LogP contribution in [0.5, 0.6) is 0 Å². The number of carbonyl (C=O) groups excluding carboxylic acids is 2. The van der Waals surface area contributed by atoms with Crippen LogP contribution in [0.3, 0.4) is 0 Å². The quantitative estimate of drug-likeness (QED) is 0.272. The number of nitrogens with zero attached hydrogens (tertiary/aromatic N) is 2. The molecule has 1 heterocycles. The Bertz CT molecular complexity index is 1370. The molecular weight excluding hydrogens is 490 g/mol. The SMILES string of the molecule is CCOC(=O)CNC(=O)C1=C(OCc2ccccc2)c2cccc(-c3ccc(CC)cc3)c2CN1N=C(C)C. The molecule has 3 aromatic rings. The molecule has 0 aliphatic carbocycles. The number of esters is 1. The van der Waals surface area contributed by atoms with E-state index in [1.165, 1.54) is 5.56 Å². The van der Waals surface area contributed by atoms with E-state index in [-0.39, 0.29) is 25.5 Å². The predicted octanol–water partition coefficient (Wildman–Crippen LogP) is 5.69. The number of hydrogen-bond acceptors (Lipinski definition) is 6. The van der Waals surface area contributed by atoms with Crippen LogP contribution in [0.15, 0.2) is 83.6 Å². The molecule has 1 N–H and O–H groups in total. The highest BCUT2D eigenvalue weighted by atomic mass is 16.5. The van der Waals surface area contributed by atoms with Gasteiger partial charge in [-0.1, -0.05) is 79.7 Å². The fourth-order valence-corrected chi connectivity index (χ4v) is 4.51. The van der Waals surface area contributed by atoms with Crippen molar-refractivity contribution in [3.8, 4) is 11.1 Å². The minimum atomic E-state index is -0.506. The summed E-state index contributed by atoms with van der Waals surface area (Å²) in [6, 6.07) is 24.4. The zero-order valence-corrected chi connectivity index (χ0v) is 23.0. The summed E-state index contributed by atoms with van der Waals surface area (Å²) >= 11 is 0. The minimum absolute atomic E-state index is 0.240. The second-order valence-electron chi connectivity index (χ2n) is 9.43. The first-order valence-corrected chi connectivity index (χ1v) is 13.3. The molecule has 0 radical (unpaired) electrons. The van der Waals surface area contributed by atoms with Crippen LogP contribution >= 0.6 is 0 Å². The van der Waals surface area contributed by atoms with Gasteiger partial charge in [-0.15, -0.1) is 0 Å². The number of amides is 1. The molecule has 0 atom stereocenters. The molecule has 7 nitrogen and oxygen atoms in total. The van der Waals surface area contributed by atoms with Crippen LogP contribution in [-0.2, 0) is 38.6 Å². The number of nitrogens with one attached hydrogen (secondary N) is 1. The Morgan fingerprint density at radius 3 is 2.28 bits per heavy atom. The van der Waals surface area contributed by atoms with Crippen molar-refractivity contribution < 1.29 is 19.1 Å². The highest BCUT2D eigenvalue weighted by Crippen LogP contribution is 2.39. The second-order valence-corrected chi connectivity index (χ2v) is 9.43. The predicted molar refractivity (Wildman–Crippen MR) is 153 cm³/mol. The fourth-order valence-electron chi connectivity index (χ4n) is 4.51. The van der Waals surface area contributed by atoms with Crippen LogP contribution in [-0.4, -0.2) is 35.7 Å². The number of hydrogen-bond donors (Lipinski definition) is 1. The van der Waals surface area contributed by atoms with E-state index in [0.717, 1.165) is 39.9 Å². The van der Waals surface area contributed by atoms with Gasteiger partial charge in [0.1, 0.15) is 13.2 Å². The lowest BCUT2D eigenvalue weighted by Crippen LogP contribution is -2.39. The van der Waals surface area contributed by atoms with Gasteiger partial charge < -0.3 is 14.8 Å². The molecule has 0 spiro atoms. The lowest BCUT2D eigenvalue weighted by Gasteiger charge is -2.32. The van der Waals surface area contributed by atoms with E-state index in [1.54, 1.807) is 11.9 Å². The van der Waals surface area contributed by atoms with Crippen LogP contribution in [0.1, 0.15) is 49.9 Å². The summed E-state index contributed by atoms with van der Waals surface area (Å²) in [5, 5.41) is 9.07. The van der Waals surface area contributed by atoms with E-state index in [0.29, 0.717) is 12.3 Å². The fraction of sp³-hybridized carbons (Fsp3) is 0.281. The van der Waals surface area contributed by atoms with Gasteiger partial charge in [-0.25, -0.2) is 0 Å². The molecule has 0 saturated heterocycles. The topological polar surface area (TPSA) is 80.2 Å². The number of hydrazone groups is 1. The van der Waals surface area contributed by atoms with E-state index in [9.17, 15) is 9.59 Å². The second kappa shape index (κ2) is 12.9. The Labute approximate surface area is 230 Å². The summed E-state index contributed by atoms with van der Waals surface area (Å²) in [6.45, 7) is 8.24. The maximum absolute atomic E-state index is 13.6. The summed E-state index contributed by atoms with van der Waals surface area (Å²) in [5.74, 6) is -0.549. The molecular formula is C32H35N3O4.